The normalized spacial score (nSPS) is 23.3. The predicted octanol–water partition coefficient (Wildman–Crippen LogP) is 2.89. The molecular formula is C15H17NO5. The van der Waals surface area contributed by atoms with Crippen LogP contribution in [0.3, 0.4) is 0 Å². The van der Waals surface area contributed by atoms with Gasteiger partial charge in [0, 0.05) is 25.0 Å². The van der Waals surface area contributed by atoms with Gasteiger partial charge in [-0.25, -0.2) is 0 Å². The molecule has 6 heteroatoms. The van der Waals surface area contributed by atoms with Crippen molar-refractivity contribution in [2.24, 2.45) is 0 Å². The molecule has 0 aromatic heterocycles. The van der Waals surface area contributed by atoms with Crippen molar-refractivity contribution in [3.63, 3.8) is 0 Å². The van der Waals surface area contributed by atoms with Crippen molar-refractivity contribution in [2.75, 3.05) is 6.61 Å². The minimum Gasteiger partial charge on any atom is -0.489 e. The molecule has 1 heterocycles. The fourth-order valence-corrected chi connectivity index (χ4v) is 3.03. The molecule has 1 aliphatic carbocycles. The van der Waals surface area contributed by atoms with Crippen LogP contribution >= 0.6 is 0 Å². The summed E-state index contributed by atoms with van der Waals surface area (Å²) in [4.78, 5) is 21.3. The van der Waals surface area contributed by atoms with Gasteiger partial charge in [0.05, 0.1) is 22.7 Å². The van der Waals surface area contributed by atoms with Crippen LogP contribution in [-0.2, 0) is 4.74 Å². The van der Waals surface area contributed by atoms with Gasteiger partial charge in [-0.1, -0.05) is 0 Å². The molecule has 0 amide bonds. The largest absolute Gasteiger partial charge is 0.489 e. The van der Waals surface area contributed by atoms with Crippen LogP contribution in [0.1, 0.15) is 42.5 Å². The molecule has 2 fully saturated rings. The van der Waals surface area contributed by atoms with E-state index in [2.05, 4.69) is 0 Å². The molecule has 1 aliphatic heterocycles. The van der Waals surface area contributed by atoms with Crippen molar-refractivity contribution in [3.05, 3.63) is 33.9 Å². The zero-order chi connectivity index (χ0) is 14.9. The summed E-state index contributed by atoms with van der Waals surface area (Å²) in [5.74, 6) is 0.414. The van der Waals surface area contributed by atoms with Crippen molar-refractivity contribution >= 4 is 12.0 Å². The van der Waals surface area contributed by atoms with E-state index < -0.39 is 4.92 Å². The number of nitro groups is 1. The van der Waals surface area contributed by atoms with Crippen molar-refractivity contribution in [1.29, 1.82) is 0 Å². The molecular weight excluding hydrogens is 274 g/mol. The Morgan fingerprint density at radius 2 is 2.24 bits per heavy atom. The second-order valence-corrected chi connectivity index (χ2v) is 5.71. The van der Waals surface area contributed by atoms with Crippen LogP contribution in [0.4, 0.5) is 5.69 Å². The van der Waals surface area contributed by atoms with E-state index in [1.54, 1.807) is 0 Å². The lowest BCUT2D eigenvalue weighted by molar-refractivity contribution is -0.384. The van der Waals surface area contributed by atoms with Gasteiger partial charge in [0.25, 0.3) is 5.69 Å². The average Bonchev–Trinajstić information content (AvgIpc) is 2.46. The molecule has 1 atom stereocenters. The SMILES string of the molecule is O=Cc1cc([N+](=O)[O-])ccc1OC1CCOC2(CCC2)C1. The Kier molecular flexibility index (Phi) is 3.63. The molecule has 2 aliphatic rings. The van der Waals surface area contributed by atoms with E-state index >= 15 is 0 Å². The van der Waals surface area contributed by atoms with Gasteiger partial charge in [-0.05, 0) is 25.3 Å². The molecule has 0 radical (unpaired) electrons. The van der Waals surface area contributed by atoms with Crippen LogP contribution in [0.2, 0.25) is 0 Å². The number of carbonyl (C=O) groups is 1. The number of benzene rings is 1. The molecule has 1 saturated carbocycles. The van der Waals surface area contributed by atoms with E-state index in [1.807, 2.05) is 0 Å². The monoisotopic (exact) mass is 291 g/mol. The lowest BCUT2D eigenvalue weighted by atomic mass is 9.74. The molecule has 1 unspecified atom stereocenters. The van der Waals surface area contributed by atoms with Crippen molar-refractivity contribution in [3.8, 4) is 5.75 Å². The van der Waals surface area contributed by atoms with E-state index in [0.717, 1.165) is 25.7 Å². The molecule has 3 rings (SSSR count). The fourth-order valence-electron chi connectivity index (χ4n) is 3.03. The lowest BCUT2D eigenvalue weighted by Gasteiger charge is -2.46. The highest BCUT2D eigenvalue weighted by atomic mass is 16.6. The van der Waals surface area contributed by atoms with Crippen molar-refractivity contribution < 1.29 is 19.2 Å². The van der Waals surface area contributed by atoms with Crippen LogP contribution < -0.4 is 4.74 Å². The van der Waals surface area contributed by atoms with Gasteiger partial charge in [-0.3, -0.25) is 14.9 Å². The molecule has 6 nitrogen and oxygen atoms in total. The fraction of sp³-hybridized carbons (Fsp3) is 0.533. The molecule has 1 aromatic rings. The molecule has 0 N–H and O–H groups in total. The number of non-ortho nitro benzene ring substituents is 1. The zero-order valence-electron chi connectivity index (χ0n) is 11.6. The quantitative estimate of drug-likeness (QED) is 0.484. The standard InChI is InChI=1S/C15H17NO5/c17-10-11-8-12(16(18)19)2-3-14(11)21-13-4-7-20-15(9-13)5-1-6-15/h2-3,8,10,13H,1,4-7,9H2. The molecule has 21 heavy (non-hydrogen) atoms. The number of nitro benzene ring substituents is 1. The van der Waals surface area contributed by atoms with Gasteiger partial charge in [0.1, 0.15) is 11.9 Å². The Morgan fingerprint density at radius 3 is 2.86 bits per heavy atom. The summed E-state index contributed by atoms with van der Waals surface area (Å²) in [7, 11) is 0. The molecule has 1 saturated heterocycles. The van der Waals surface area contributed by atoms with Gasteiger partial charge >= 0.3 is 0 Å². The number of aldehydes is 1. The number of ether oxygens (including phenoxy) is 2. The molecule has 1 spiro atoms. The Hall–Kier alpha value is -1.95. The summed E-state index contributed by atoms with van der Waals surface area (Å²) in [5.41, 5.74) is 0.0793. The summed E-state index contributed by atoms with van der Waals surface area (Å²) in [6, 6.07) is 4.12. The highest BCUT2D eigenvalue weighted by molar-refractivity contribution is 5.80. The summed E-state index contributed by atoms with van der Waals surface area (Å²) in [5, 5.41) is 10.7. The number of nitrogens with zero attached hydrogens (tertiary/aromatic N) is 1. The maximum absolute atomic E-state index is 11.1. The van der Waals surface area contributed by atoms with Crippen LogP contribution in [0, 0.1) is 10.1 Å². The Bertz CT molecular complexity index is 567. The first-order valence-electron chi connectivity index (χ1n) is 7.16. The van der Waals surface area contributed by atoms with Gasteiger partial charge in [0.15, 0.2) is 6.29 Å². The Labute approximate surface area is 122 Å². The van der Waals surface area contributed by atoms with E-state index in [4.69, 9.17) is 9.47 Å². The first-order valence-corrected chi connectivity index (χ1v) is 7.16. The Balaban J connectivity index is 1.74. The minimum absolute atomic E-state index is 0.000735. The highest BCUT2D eigenvalue weighted by Gasteiger charge is 2.43. The van der Waals surface area contributed by atoms with Crippen LogP contribution in [0.15, 0.2) is 18.2 Å². The molecule has 1 aromatic carbocycles. The van der Waals surface area contributed by atoms with E-state index in [1.165, 1.54) is 24.6 Å². The Morgan fingerprint density at radius 1 is 1.43 bits per heavy atom. The van der Waals surface area contributed by atoms with Gasteiger partial charge in [0.2, 0.25) is 0 Å². The summed E-state index contributed by atoms with van der Waals surface area (Å²) < 4.78 is 11.7. The van der Waals surface area contributed by atoms with Crippen LogP contribution in [0.5, 0.6) is 5.75 Å². The third kappa shape index (κ3) is 2.76. The maximum Gasteiger partial charge on any atom is 0.270 e. The van der Waals surface area contributed by atoms with Gasteiger partial charge in [-0.2, -0.15) is 0 Å². The third-order valence-electron chi connectivity index (χ3n) is 4.34. The number of rotatable bonds is 4. The summed E-state index contributed by atoms with van der Waals surface area (Å²) in [6.45, 7) is 0.661. The second-order valence-electron chi connectivity index (χ2n) is 5.71. The number of carbonyl (C=O) groups excluding carboxylic acids is 1. The third-order valence-corrected chi connectivity index (χ3v) is 4.34. The van der Waals surface area contributed by atoms with E-state index in [9.17, 15) is 14.9 Å². The highest BCUT2D eigenvalue weighted by Crippen LogP contribution is 2.43. The molecule has 112 valence electrons. The van der Waals surface area contributed by atoms with Crippen molar-refractivity contribution in [1.82, 2.24) is 0 Å². The van der Waals surface area contributed by atoms with E-state index in [-0.39, 0.29) is 23.0 Å². The number of hydrogen-bond donors (Lipinski definition) is 0. The van der Waals surface area contributed by atoms with Crippen molar-refractivity contribution in [2.45, 2.75) is 43.8 Å². The first-order chi connectivity index (χ1) is 10.1. The topological polar surface area (TPSA) is 78.7 Å². The molecule has 0 bridgehead atoms. The van der Waals surface area contributed by atoms with Crippen LogP contribution in [0.25, 0.3) is 0 Å². The summed E-state index contributed by atoms with van der Waals surface area (Å²) in [6.07, 6.45) is 5.50. The lowest BCUT2D eigenvalue weighted by Crippen LogP contribution is -2.48. The smallest absolute Gasteiger partial charge is 0.270 e. The van der Waals surface area contributed by atoms with Gasteiger partial charge in [-0.15, -0.1) is 0 Å². The van der Waals surface area contributed by atoms with Gasteiger partial charge < -0.3 is 9.47 Å². The zero-order valence-corrected chi connectivity index (χ0v) is 11.6. The first kappa shape index (κ1) is 14.0. The second kappa shape index (κ2) is 5.44. The minimum atomic E-state index is -0.519. The number of hydrogen-bond acceptors (Lipinski definition) is 5. The maximum atomic E-state index is 11.1. The summed E-state index contributed by atoms with van der Waals surface area (Å²) >= 11 is 0. The van der Waals surface area contributed by atoms with Crippen LogP contribution in [-0.4, -0.2) is 29.5 Å². The average molecular weight is 291 g/mol. The van der Waals surface area contributed by atoms with E-state index in [0.29, 0.717) is 18.6 Å². The predicted molar refractivity (Wildman–Crippen MR) is 74.7 cm³/mol.